The second-order valence-electron chi connectivity index (χ2n) is 6.90. The van der Waals surface area contributed by atoms with Crippen molar-refractivity contribution in [3.63, 3.8) is 0 Å². The fraction of sp³-hybridized carbons (Fsp3) is 0.250. The molecule has 1 aromatic heterocycles. The van der Waals surface area contributed by atoms with Crippen molar-refractivity contribution in [1.82, 2.24) is 15.1 Å². The number of aryl methyl sites for hydroxylation is 1. The Morgan fingerprint density at radius 1 is 1.07 bits per heavy atom. The Hall–Kier alpha value is -3.54. The van der Waals surface area contributed by atoms with Crippen molar-refractivity contribution < 1.29 is 14.3 Å². The third kappa shape index (κ3) is 4.89. The number of benzene rings is 2. The molecule has 0 spiro atoms. The van der Waals surface area contributed by atoms with Crippen LogP contribution < -0.4 is 14.8 Å². The first-order valence-electron chi connectivity index (χ1n) is 9.82. The van der Waals surface area contributed by atoms with Crippen molar-refractivity contribution >= 4 is 12.0 Å². The molecule has 1 heterocycles. The molecule has 2 aromatic carbocycles. The molecule has 0 aliphatic rings. The molecule has 0 fully saturated rings. The third-order valence-electron chi connectivity index (χ3n) is 4.91. The summed E-state index contributed by atoms with van der Waals surface area (Å²) < 4.78 is 12.5. The van der Waals surface area contributed by atoms with Gasteiger partial charge in [-0.1, -0.05) is 24.3 Å². The van der Waals surface area contributed by atoms with Crippen LogP contribution in [0.5, 0.6) is 11.5 Å². The normalized spacial score (nSPS) is 10.9. The summed E-state index contributed by atoms with van der Waals surface area (Å²) in [5.74, 6) is 1.24. The molecular formula is C24H27N3O3. The highest BCUT2D eigenvalue weighted by molar-refractivity contribution is 5.92. The topological polar surface area (TPSA) is 65.4 Å². The van der Waals surface area contributed by atoms with Gasteiger partial charge in [-0.05, 0) is 56.2 Å². The summed E-state index contributed by atoms with van der Waals surface area (Å²) >= 11 is 0. The molecule has 3 rings (SSSR count). The number of rotatable bonds is 8. The van der Waals surface area contributed by atoms with Crippen molar-refractivity contribution in [3.8, 4) is 17.2 Å². The number of carbonyl (C=O) groups excluding carboxylic acids is 1. The van der Waals surface area contributed by atoms with Gasteiger partial charge in [0.25, 0.3) is 0 Å². The van der Waals surface area contributed by atoms with E-state index >= 15 is 0 Å². The number of nitrogens with zero attached hydrogens (tertiary/aromatic N) is 2. The Balaban J connectivity index is 1.60. The molecule has 30 heavy (non-hydrogen) atoms. The molecule has 0 unspecified atom stereocenters. The predicted octanol–water partition coefficient (Wildman–Crippen LogP) is 3.88. The first-order valence-corrected chi connectivity index (χ1v) is 9.82. The van der Waals surface area contributed by atoms with Gasteiger partial charge in [0.15, 0.2) is 11.5 Å². The molecule has 0 atom stereocenters. The minimum absolute atomic E-state index is 0.137. The number of ether oxygens (including phenoxy) is 2. The minimum Gasteiger partial charge on any atom is -0.493 e. The number of amides is 1. The monoisotopic (exact) mass is 405 g/mol. The van der Waals surface area contributed by atoms with E-state index < -0.39 is 0 Å². The molecule has 3 aromatic rings. The maximum absolute atomic E-state index is 12.3. The number of para-hydroxylation sites is 1. The fourth-order valence-electron chi connectivity index (χ4n) is 3.30. The van der Waals surface area contributed by atoms with Crippen molar-refractivity contribution in [3.05, 3.63) is 77.1 Å². The standard InChI is InChI=1S/C24H27N3O3/c1-17-21(18(2)27(26-17)20-8-6-5-7-9-20)11-13-24(28)25-15-14-19-10-12-22(29-3)23(16-19)30-4/h5-13,16H,14-15H2,1-4H3,(H,25,28)/b13-11+. The van der Waals surface area contributed by atoms with Crippen molar-refractivity contribution in [2.45, 2.75) is 20.3 Å². The summed E-state index contributed by atoms with van der Waals surface area (Å²) in [4.78, 5) is 12.3. The van der Waals surface area contributed by atoms with Crippen LogP contribution in [0.15, 0.2) is 54.6 Å². The first kappa shape index (κ1) is 21.2. The average molecular weight is 405 g/mol. The third-order valence-corrected chi connectivity index (χ3v) is 4.91. The first-order chi connectivity index (χ1) is 14.5. The summed E-state index contributed by atoms with van der Waals surface area (Å²) in [6.45, 7) is 4.47. The SMILES string of the molecule is COc1ccc(CCNC(=O)/C=C/c2c(C)nn(-c3ccccc3)c2C)cc1OC. The molecule has 1 amide bonds. The van der Waals surface area contributed by atoms with Gasteiger partial charge in [-0.25, -0.2) is 4.68 Å². The van der Waals surface area contributed by atoms with E-state index in [9.17, 15) is 4.79 Å². The number of hydrogen-bond donors (Lipinski definition) is 1. The summed E-state index contributed by atoms with van der Waals surface area (Å²) in [5, 5.41) is 7.52. The van der Waals surface area contributed by atoms with E-state index in [0.29, 0.717) is 24.5 Å². The molecule has 0 bridgehead atoms. The largest absolute Gasteiger partial charge is 0.493 e. The van der Waals surface area contributed by atoms with Crippen LogP contribution in [0.4, 0.5) is 0 Å². The second-order valence-corrected chi connectivity index (χ2v) is 6.90. The van der Waals surface area contributed by atoms with Crippen LogP contribution in [0.1, 0.15) is 22.5 Å². The lowest BCUT2D eigenvalue weighted by molar-refractivity contribution is -0.116. The minimum atomic E-state index is -0.137. The lowest BCUT2D eigenvalue weighted by atomic mass is 10.1. The van der Waals surface area contributed by atoms with Crippen molar-refractivity contribution in [2.24, 2.45) is 0 Å². The highest BCUT2D eigenvalue weighted by Gasteiger charge is 2.11. The number of carbonyl (C=O) groups is 1. The highest BCUT2D eigenvalue weighted by Crippen LogP contribution is 2.27. The van der Waals surface area contributed by atoms with Gasteiger partial charge in [-0.15, -0.1) is 0 Å². The zero-order valence-corrected chi connectivity index (χ0v) is 17.8. The molecular weight excluding hydrogens is 378 g/mol. The molecule has 0 saturated heterocycles. The molecule has 6 nitrogen and oxygen atoms in total. The van der Waals surface area contributed by atoms with Crippen LogP contribution in [0.25, 0.3) is 11.8 Å². The van der Waals surface area contributed by atoms with E-state index in [2.05, 4.69) is 10.4 Å². The molecule has 0 saturated carbocycles. The zero-order valence-electron chi connectivity index (χ0n) is 17.8. The number of aromatic nitrogens is 2. The van der Waals surface area contributed by atoms with Crippen LogP contribution in [0.2, 0.25) is 0 Å². The van der Waals surface area contributed by atoms with E-state index in [-0.39, 0.29) is 5.91 Å². The van der Waals surface area contributed by atoms with Gasteiger partial charge in [0.2, 0.25) is 5.91 Å². The van der Waals surface area contributed by atoms with Gasteiger partial charge >= 0.3 is 0 Å². The molecule has 156 valence electrons. The van der Waals surface area contributed by atoms with Gasteiger partial charge in [0.05, 0.1) is 25.6 Å². The highest BCUT2D eigenvalue weighted by atomic mass is 16.5. The molecule has 6 heteroatoms. The van der Waals surface area contributed by atoms with E-state index in [1.165, 1.54) is 0 Å². The number of nitrogens with one attached hydrogen (secondary N) is 1. The summed E-state index contributed by atoms with van der Waals surface area (Å²) in [7, 11) is 3.22. The smallest absolute Gasteiger partial charge is 0.244 e. The van der Waals surface area contributed by atoms with Crippen LogP contribution in [0.3, 0.4) is 0 Å². The maximum atomic E-state index is 12.3. The van der Waals surface area contributed by atoms with Crippen LogP contribution in [0, 0.1) is 13.8 Å². The van der Waals surface area contributed by atoms with E-state index in [1.807, 2.05) is 73.1 Å². The average Bonchev–Trinajstić information content (AvgIpc) is 3.06. The predicted molar refractivity (Wildman–Crippen MR) is 118 cm³/mol. The maximum Gasteiger partial charge on any atom is 0.244 e. The molecule has 0 aliphatic carbocycles. The Bertz CT molecular complexity index is 1040. The summed E-state index contributed by atoms with van der Waals surface area (Å²) in [5.41, 5.74) is 4.89. The lowest BCUT2D eigenvalue weighted by Gasteiger charge is -2.09. The quantitative estimate of drug-likeness (QED) is 0.578. The summed E-state index contributed by atoms with van der Waals surface area (Å²) in [6.07, 6.45) is 4.08. The van der Waals surface area contributed by atoms with Crippen LogP contribution in [-0.2, 0) is 11.2 Å². The van der Waals surface area contributed by atoms with Gasteiger partial charge in [0, 0.05) is 23.9 Å². The van der Waals surface area contributed by atoms with Gasteiger partial charge < -0.3 is 14.8 Å². The molecule has 1 N–H and O–H groups in total. The van der Waals surface area contributed by atoms with Crippen molar-refractivity contribution in [2.75, 3.05) is 20.8 Å². The van der Waals surface area contributed by atoms with Gasteiger partial charge in [0.1, 0.15) is 0 Å². The van der Waals surface area contributed by atoms with Gasteiger partial charge in [-0.2, -0.15) is 5.10 Å². The number of methoxy groups -OCH3 is 2. The molecule has 0 radical (unpaired) electrons. The summed E-state index contributed by atoms with van der Waals surface area (Å²) in [6, 6.07) is 15.7. The van der Waals surface area contributed by atoms with E-state index in [1.54, 1.807) is 20.3 Å². The van der Waals surface area contributed by atoms with Crippen LogP contribution in [-0.4, -0.2) is 36.5 Å². The fourth-order valence-corrected chi connectivity index (χ4v) is 3.30. The van der Waals surface area contributed by atoms with Crippen molar-refractivity contribution in [1.29, 1.82) is 0 Å². The Morgan fingerprint density at radius 2 is 1.80 bits per heavy atom. The number of hydrogen-bond acceptors (Lipinski definition) is 4. The Kier molecular flexibility index (Phi) is 6.91. The van der Waals surface area contributed by atoms with E-state index in [4.69, 9.17) is 9.47 Å². The Morgan fingerprint density at radius 3 is 2.50 bits per heavy atom. The molecule has 0 aliphatic heterocycles. The Labute approximate surface area is 177 Å². The lowest BCUT2D eigenvalue weighted by Crippen LogP contribution is -2.23. The second kappa shape index (κ2) is 9.78. The van der Waals surface area contributed by atoms with Gasteiger partial charge in [-0.3, -0.25) is 4.79 Å². The zero-order chi connectivity index (χ0) is 21.5. The van der Waals surface area contributed by atoms with E-state index in [0.717, 1.165) is 28.2 Å². The van der Waals surface area contributed by atoms with Crippen LogP contribution >= 0.6 is 0 Å².